The van der Waals surface area contributed by atoms with Gasteiger partial charge in [-0.15, -0.1) is 0 Å². The molecule has 1 saturated heterocycles. The standard InChI is InChI=1S/C16H34N2/c1-4-6-8-16(5-2)17-11-7-12-18-13-9-15(3)10-14-18/h15-17H,4-14H2,1-3H3. The van der Waals surface area contributed by atoms with Crippen LogP contribution in [0.3, 0.4) is 0 Å². The quantitative estimate of drug-likeness (QED) is 0.632. The van der Waals surface area contributed by atoms with Crippen LogP contribution in [-0.2, 0) is 0 Å². The molecule has 18 heavy (non-hydrogen) atoms. The van der Waals surface area contributed by atoms with Gasteiger partial charge in [-0.05, 0) is 64.2 Å². The zero-order valence-electron chi connectivity index (χ0n) is 12.9. The van der Waals surface area contributed by atoms with Crippen LogP contribution >= 0.6 is 0 Å². The van der Waals surface area contributed by atoms with Gasteiger partial charge in [0.05, 0.1) is 0 Å². The smallest absolute Gasteiger partial charge is 0.00644 e. The van der Waals surface area contributed by atoms with E-state index in [2.05, 4.69) is 31.0 Å². The number of unbranched alkanes of at least 4 members (excludes halogenated alkanes) is 1. The molecule has 1 heterocycles. The Hall–Kier alpha value is -0.0800. The third-order valence-corrected chi connectivity index (χ3v) is 4.36. The Labute approximate surface area is 115 Å². The third kappa shape index (κ3) is 6.75. The fourth-order valence-electron chi connectivity index (χ4n) is 2.80. The zero-order chi connectivity index (χ0) is 13.2. The third-order valence-electron chi connectivity index (χ3n) is 4.36. The molecule has 0 saturated carbocycles. The molecular formula is C16H34N2. The van der Waals surface area contributed by atoms with Crippen molar-refractivity contribution in [1.29, 1.82) is 0 Å². The Morgan fingerprint density at radius 2 is 1.89 bits per heavy atom. The van der Waals surface area contributed by atoms with Crippen molar-refractivity contribution in [3.05, 3.63) is 0 Å². The van der Waals surface area contributed by atoms with Gasteiger partial charge in [-0.25, -0.2) is 0 Å². The first-order valence-corrected chi connectivity index (χ1v) is 8.22. The largest absolute Gasteiger partial charge is 0.314 e. The van der Waals surface area contributed by atoms with Gasteiger partial charge in [0.2, 0.25) is 0 Å². The Kier molecular flexibility index (Phi) is 8.70. The highest BCUT2D eigenvalue weighted by Crippen LogP contribution is 2.15. The van der Waals surface area contributed by atoms with Crippen LogP contribution in [0.5, 0.6) is 0 Å². The van der Waals surface area contributed by atoms with Gasteiger partial charge >= 0.3 is 0 Å². The first kappa shape index (κ1) is 16.0. The molecule has 0 spiro atoms. The second-order valence-corrected chi connectivity index (χ2v) is 6.08. The summed E-state index contributed by atoms with van der Waals surface area (Å²) in [7, 11) is 0. The topological polar surface area (TPSA) is 15.3 Å². The Morgan fingerprint density at radius 3 is 2.50 bits per heavy atom. The summed E-state index contributed by atoms with van der Waals surface area (Å²) in [5, 5.41) is 3.73. The maximum Gasteiger partial charge on any atom is 0.00644 e. The van der Waals surface area contributed by atoms with Gasteiger partial charge in [-0.3, -0.25) is 0 Å². The van der Waals surface area contributed by atoms with Crippen molar-refractivity contribution in [3.63, 3.8) is 0 Å². The van der Waals surface area contributed by atoms with Crippen LogP contribution in [0.15, 0.2) is 0 Å². The van der Waals surface area contributed by atoms with E-state index in [0.717, 1.165) is 12.0 Å². The van der Waals surface area contributed by atoms with Gasteiger partial charge in [-0.2, -0.15) is 0 Å². The summed E-state index contributed by atoms with van der Waals surface area (Å²) >= 11 is 0. The van der Waals surface area contributed by atoms with Gasteiger partial charge in [-0.1, -0.05) is 33.6 Å². The van der Waals surface area contributed by atoms with Crippen molar-refractivity contribution in [2.75, 3.05) is 26.2 Å². The van der Waals surface area contributed by atoms with Crippen LogP contribution in [0.25, 0.3) is 0 Å². The molecule has 0 aromatic carbocycles. The van der Waals surface area contributed by atoms with Gasteiger partial charge in [0.25, 0.3) is 0 Å². The predicted octanol–water partition coefficient (Wildman–Crippen LogP) is 3.67. The first-order valence-electron chi connectivity index (χ1n) is 8.22. The van der Waals surface area contributed by atoms with Crippen LogP contribution in [0.4, 0.5) is 0 Å². The molecular weight excluding hydrogens is 220 g/mol. The summed E-state index contributed by atoms with van der Waals surface area (Å²) in [6.07, 6.45) is 9.45. The van der Waals surface area contributed by atoms with Gasteiger partial charge in [0, 0.05) is 6.04 Å². The molecule has 108 valence electrons. The van der Waals surface area contributed by atoms with Crippen molar-refractivity contribution >= 4 is 0 Å². The minimum atomic E-state index is 0.756. The van der Waals surface area contributed by atoms with Crippen LogP contribution in [-0.4, -0.2) is 37.1 Å². The average molecular weight is 254 g/mol. The lowest BCUT2D eigenvalue weighted by atomic mass is 9.99. The van der Waals surface area contributed by atoms with E-state index < -0.39 is 0 Å². The van der Waals surface area contributed by atoms with E-state index in [0.29, 0.717) is 0 Å². The van der Waals surface area contributed by atoms with E-state index in [-0.39, 0.29) is 0 Å². The lowest BCUT2D eigenvalue weighted by molar-refractivity contribution is 0.189. The number of likely N-dealkylation sites (tertiary alicyclic amines) is 1. The predicted molar refractivity (Wildman–Crippen MR) is 81.1 cm³/mol. The molecule has 0 aliphatic carbocycles. The van der Waals surface area contributed by atoms with Gasteiger partial charge < -0.3 is 10.2 Å². The van der Waals surface area contributed by atoms with Crippen molar-refractivity contribution < 1.29 is 0 Å². The Bertz CT molecular complexity index is 179. The Morgan fingerprint density at radius 1 is 1.17 bits per heavy atom. The van der Waals surface area contributed by atoms with Gasteiger partial charge in [0.1, 0.15) is 0 Å². The van der Waals surface area contributed by atoms with E-state index in [1.807, 2.05) is 0 Å². The second kappa shape index (κ2) is 9.80. The monoisotopic (exact) mass is 254 g/mol. The molecule has 1 rings (SSSR count). The molecule has 1 fully saturated rings. The van der Waals surface area contributed by atoms with Crippen LogP contribution in [0.2, 0.25) is 0 Å². The van der Waals surface area contributed by atoms with E-state index in [9.17, 15) is 0 Å². The maximum absolute atomic E-state index is 3.73. The SMILES string of the molecule is CCCCC(CC)NCCCN1CCC(C)CC1. The maximum atomic E-state index is 3.73. The highest BCUT2D eigenvalue weighted by atomic mass is 15.1. The summed E-state index contributed by atoms with van der Waals surface area (Å²) < 4.78 is 0. The zero-order valence-corrected chi connectivity index (χ0v) is 12.9. The highest BCUT2D eigenvalue weighted by molar-refractivity contribution is 4.70. The number of hydrogen-bond acceptors (Lipinski definition) is 2. The van der Waals surface area contributed by atoms with E-state index in [4.69, 9.17) is 0 Å². The molecule has 2 heteroatoms. The number of nitrogens with one attached hydrogen (secondary N) is 1. The molecule has 2 nitrogen and oxygen atoms in total. The first-order chi connectivity index (χ1) is 8.76. The fraction of sp³-hybridized carbons (Fsp3) is 1.00. The lowest BCUT2D eigenvalue weighted by Crippen LogP contribution is -2.36. The van der Waals surface area contributed by atoms with E-state index in [1.54, 1.807) is 0 Å². The van der Waals surface area contributed by atoms with Crippen LogP contribution in [0.1, 0.15) is 65.7 Å². The Balaban J connectivity index is 1.99. The molecule has 0 radical (unpaired) electrons. The minimum absolute atomic E-state index is 0.756. The van der Waals surface area contributed by atoms with E-state index in [1.165, 1.54) is 71.1 Å². The van der Waals surface area contributed by atoms with Crippen molar-refractivity contribution in [1.82, 2.24) is 10.2 Å². The van der Waals surface area contributed by atoms with Crippen LogP contribution in [0, 0.1) is 5.92 Å². The van der Waals surface area contributed by atoms with Crippen LogP contribution < -0.4 is 5.32 Å². The molecule has 0 aromatic heterocycles. The molecule has 0 aromatic rings. The molecule has 1 N–H and O–H groups in total. The van der Waals surface area contributed by atoms with Crippen molar-refractivity contribution in [2.45, 2.75) is 71.8 Å². The van der Waals surface area contributed by atoms with Gasteiger partial charge in [0.15, 0.2) is 0 Å². The average Bonchev–Trinajstić information content (AvgIpc) is 2.40. The number of nitrogens with zero attached hydrogens (tertiary/aromatic N) is 1. The summed E-state index contributed by atoms with van der Waals surface area (Å²) in [6.45, 7) is 12.1. The number of piperidine rings is 1. The minimum Gasteiger partial charge on any atom is -0.314 e. The molecule has 1 atom stereocenters. The molecule has 1 aliphatic heterocycles. The molecule has 0 amide bonds. The van der Waals surface area contributed by atoms with Crippen molar-refractivity contribution in [3.8, 4) is 0 Å². The number of hydrogen-bond donors (Lipinski definition) is 1. The summed E-state index contributed by atoms with van der Waals surface area (Å²) in [5.74, 6) is 0.956. The summed E-state index contributed by atoms with van der Waals surface area (Å²) in [6, 6.07) is 0.756. The lowest BCUT2D eigenvalue weighted by Gasteiger charge is -2.30. The van der Waals surface area contributed by atoms with E-state index >= 15 is 0 Å². The normalized spacial score (nSPS) is 20.2. The molecule has 0 bridgehead atoms. The highest BCUT2D eigenvalue weighted by Gasteiger charge is 2.14. The van der Waals surface area contributed by atoms with Crippen molar-refractivity contribution in [2.24, 2.45) is 5.92 Å². The second-order valence-electron chi connectivity index (χ2n) is 6.08. The summed E-state index contributed by atoms with van der Waals surface area (Å²) in [5.41, 5.74) is 0. The molecule has 1 aliphatic rings. The number of rotatable bonds is 9. The summed E-state index contributed by atoms with van der Waals surface area (Å²) in [4.78, 5) is 2.65. The fourth-order valence-corrected chi connectivity index (χ4v) is 2.80. The molecule has 1 unspecified atom stereocenters.